The van der Waals surface area contributed by atoms with E-state index in [1.54, 1.807) is 19.1 Å². The molecule has 1 N–H and O–H groups in total. The predicted octanol–water partition coefficient (Wildman–Crippen LogP) is 3.08. The van der Waals surface area contributed by atoms with Gasteiger partial charge in [0, 0.05) is 11.9 Å². The molecule has 2 heterocycles. The van der Waals surface area contributed by atoms with Gasteiger partial charge in [0.25, 0.3) is 0 Å². The lowest BCUT2D eigenvalue weighted by atomic mass is 10.2. The second-order valence-corrected chi connectivity index (χ2v) is 5.48. The van der Waals surface area contributed by atoms with E-state index in [9.17, 15) is 18.0 Å². The fraction of sp³-hybridized carbons (Fsp3) is 0.417. The molecule has 2 aromatic heterocycles. The van der Waals surface area contributed by atoms with Gasteiger partial charge in [-0.25, -0.2) is 4.79 Å². The summed E-state index contributed by atoms with van der Waals surface area (Å²) in [6, 6.07) is 2.31. The lowest BCUT2D eigenvalue weighted by molar-refractivity contribution is -0.159. The first kappa shape index (κ1) is 17.2. The van der Waals surface area contributed by atoms with Gasteiger partial charge < -0.3 is 9.84 Å². The van der Waals surface area contributed by atoms with Crippen LogP contribution in [0.1, 0.15) is 23.7 Å². The highest BCUT2D eigenvalue weighted by Crippen LogP contribution is 2.34. The van der Waals surface area contributed by atoms with E-state index in [2.05, 4.69) is 20.0 Å². The monoisotopic (exact) mass is 350 g/mol. The normalized spacial score (nSPS) is 13.0. The number of halogens is 3. The van der Waals surface area contributed by atoms with Crippen molar-refractivity contribution < 1.29 is 27.3 Å². The maximum absolute atomic E-state index is 12.5. The molecule has 2 amide bonds. The van der Waals surface area contributed by atoms with Crippen LogP contribution in [-0.2, 0) is 11.0 Å². The number of carbonyl (C=O) groups excluding carboxylic acids is 1. The van der Waals surface area contributed by atoms with Gasteiger partial charge in [-0.05, 0) is 19.1 Å². The molecule has 0 aliphatic rings. The molecule has 0 aromatic carbocycles. The number of carbonyl (C=O) groups is 1. The van der Waals surface area contributed by atoms with Crippen LogP contribution in [0.4, 0.5) is 18.0 Å². The van der Waals surface area contributed by atoms with Crippen molar-refractivity contribution in [2.45, 2.75) is 19.1 Å². The van der Waals surface area contributed by atoms with E-state index in [-0.39, 0.29) is 5.82 Å². The third-order valence-corrected chi connectivity index (χ3v) is 4.14. The van der Waals surface area contributed by atoms with Gasteiger partial charge in [0.1, 0.15) is 0 Å². The minimum atomic E-state index is -4.69. The number of aromatic nitrogens is 2. The number of rotatable bonds is 4. The maximum atomic E-state index is 12.5. The van der Waals surface area contributed by atoms with E-state index in [4.69, 9.17) is 4.84 Å². The molecule has 0 fully saturated rings. The number of nitrogens with one attached hydrogen (secondary N) is 1. The lowest BCUT2D eigenvalue weighted by Gasteiger charge is -2.25. The standard InChI is InChI=1S/C12H13F3N4O3S/c1-6(19(21-3)11(20)16-2)7-4-5-8(23-7)9-17-10(22-18-9)12(13,14)15/h4-6H,1-3H3,(H,16,20). The number of alkyl halides is 3. The Morgan fingerprint density at radius 3 is 2.70 bits per heavy atom. The van der Waals surface area contributed by atoms with Gasteiger partial charge in [-0.15, -0.1) is 11.3 Å². The Labute approximate surface area is 133 Å². The van der Waals surface area contributed by atoms with Gasteiger partial charge in [0.2, 0.25) is 5.82 Å². The molecule has 1 unspecified atom stereocenters. The summed E-state index contributed by atoms with van der Waals surface area (Å²) in [5, 5.41) is 6.85. The molecule has 7 nitrogen and oxygen atoms in total. The van der Waals surface area contributed by atoms with Gasteiger partial charge in [-0.1, -0.05) is 5.16 Å². The Balaban J connectivity index is 2.23. The summed E-state index contributed by atoms with van der Waals surface area (Å²) >= 11 is 1.14. The Morgan fingerprint density at radius 1 is 1.48 bits per heavy atom. The summed E-state index contributed by atoms with van der Waals surface area (Å²) in [7, 11) is 2.80. The molecule has 2 aromatic rings. The number of hydrogen-bond acceptors (Lipinski definition) is 6. The summed E-state index contributed by atoms with van der Waals surface area (Å²) in [5.74, 6) is -1.57. The quantitative estimate of drug-likeness (QED) is 0.857. The fourth-order valence-electron chi connectivity index (χ4n) is 1.78. The molecule has 23 heavy (non-hydrogen) atoms. The van der Waals surface area contributed by atoms with E-state index in [1.807, 2.05) is 0 Å². The summed E-state index contributed by atoms with van der Waals surface area (Å²) in [6.07, 6.45) is -4.69. The van der Waals surface area contributed by atoms with Crippen molar-refractivity contribution in [3.8, 4) is 10.7 Å². The Kier molecular flexibility index (Phi) is 4.90. The average Bonchev–Trinajstić information content (AvgIpc) is 3.15. The van der Waals surface area contributed by atoms with Crippen molar-refractivity contribution in [3.05, 3.63) is 22.9 Å². The van der Waals surface area contributed by atoms with Crippen molar-refractivity contribution in [1.82, 2.24) is 20.5 Å². The number of thiophene rings is 1. The minimum absolute atomic E-state index is 0.162. The maximum Gasteiger partial charge on any atom is 0.471 e. The Bertz CT molecular complexity index is 685. The van der Waals surface area contributed by atoms with Gasteiger partial charge in [0.05, 0.1) is 18.0 Å². The second-order valence-electron chi connectivity index (χ2n) is 4.36. The van der Waals surface area contributed by atoms with E-state index in [1.165, 1.54) is 14.2 Å². The first-order valence-corrected chi connectivity index (χ1v) is 7.15. The Morgan fingerprint density at radius 2 is 2.17 bits per heavy atom. The molecule has 0 radical (unpaired) electrons. The molecule has 0 saturated heterocycles. The molecular formula is C12H13F3N4O3S. The van der Waals surface area contributed by atoms with Crippen LogP contribution in [-0.4, -0.2) is 35.4 Å². The van der Waals surface area contributed by atoms with Crippen LogP contribution in [0.3, 0.4) is 0 Å². The van der Waals surface area contributed by atoms with Gasteiger partial charge in [-0.3, -0.25) is 4.84 Å². The van der Waals surface area contributed by atoms with Crippen LogP contribution in [0.5, 0.6) is 0 Å². The van der Waals surface area contributed by atoms with E-state index in [0.29, 0.717) is 9.75 Å². The van der Waals surface area contributed by atoms with Gasteiger partial charge >= 0.3 is 18.1 Å². The molecule has 0 spiro atoms. The van der Waals surface area contributed by atoms with Crippen molar-refractivity contribution in [2.75, 3.05) is 14.2 Å². The second kappa shape index (κ2) is 6.54. The number of hydroxylamine groups is 2. The minimum Gasteiger partial charge on any atom is -0.339 e. The predicted molar refractivity (Wildman–Crippen MR) is 74.3 cm³/mol. The van der Waals surface area contributed by atoms with Crippen molar-refractivity contribution in [2.24, 2.45) is 0 Å². The summed E-state index contributed by atoms with van der Waals surface area (Å²) < 4.78 is 41.6. The van der Waals surface area contributed by atoms with Crippen molar-refractivity contribution in [1.29, 1.82) is 0 Å². The zero-order valence-corrected chi connectivity index (χ0v) is 13.2. The van der Waals surface area contributed by atoms with Crippen LogP contribution < -0.4 is 5.32 Å². The van der Waals surface area contributed by atoms with Crippen LogP contribution in [0.2, 0.25) is 0 Å². The first-order chi connectivity index (χ1) is 10.8. The van der Waals surface area contributed by atoms with E-state index < -0.39 is 24.1 Å². The largest absolute Gasteiger partial charge is 0.471 e. The van der Waals surface area contributed by atoms with E-state index in [0.717, 1.165) is 16.4 Å². The summed E-state index contributed by atoms with van der Waals surface area (Å²) in [6.45, 7) is 1.71. The van der Waals surface area contributed by atoms with Crippen LogP contribution in [0, 0.1) is 0 Å². The molecule has 11 heteroatoms. The van der Waals surface area contributed by atoms with Crippen LogP contribution in [0.25, 0.3) is 10.7 Å². The number of hydrogen-bond donors (Lipinski definition) is 1. The van der Waals surface area contributed by atoms with E-state index >= 15 is 0 Å². The topological polar surface area (TPSA) is 80.5 Å². The SMILES string of the molecule is CNC(=O)N(OC)C(C)c1ccc(-c2noc(C(F)(F)F)n2)s1. The highest BCUT2D eigenvalue weighted by molar-refractivity contribution is 7.15. The highest BCUT2D eigenvalue weighted by Gasteiger charge is 2.38. The average molecular weight is 350 g/mol. The lowest BCUT2D eigenvalue weighted by Crippen LogP contribution is -2.38. The van der Waals surface area contributed by atoms with Crippen molar-refractivity contribution in [3.63, 3.8) is 0 Å². The fourth-order valence-corrected chi connectivity index (χ4v) is 2.75. The molecular weight excluding hydrogens is 337 g/mol. The molecule has 1 atom stereocenters. The number of nitrogens with zero attached hydrogens (tertiary/aromatic N) is 3. The molecule has 126 valence electrons. The zero-order valence-electron chi connectivity index (χ0n) is 12.3. The number of amides is 2. The van der Waals surface area contributed by atoms with Crippen molar-refractivity contribution >= 4 is 17.4 Å². The molecule has 0 aliphatic carbocycles. The number of urea groups is 1. The highest BCUT2D eigenvalue weighted by atomic mass is 32.1. The van der Waals surface area contributed by atoms with Gasteiger partial charge in [-0.2, -0.15) is 23.2 Å². The molecule has 0 bridgehead atoms. The summed E-state index contributed by atoms with van der Waals surface area (Å²) in [4.78, 5) is 21.1. The smallest absolute Gasteiger partial charge is 0.339 e. The molecule has 0 saturated carbocycles. The third-order valence-electron chi connectivity index (χ3n) is 2.89. The summed E-state index contributed by atoms with van der Waals surface area (Å²) in [5.41, 5.74) is 0. The van der Waals surface area contributed by atoms with Gasteiger partial charge in [0.15, 0.2) is 0 Å². The third kappa shape index (κ3) is 3.62. The first-order valence-electron chi connectivity index (χ1n) is 6.34. The van der Waals surface area contributed by atoms with Crippen LogP contribution in [0.15, 0.2) is 16.7 Å². The molecule has 0 aliphatic heterocycles. The Hall–Kier alpha value is -2.14. The molecule has 2 rings (SSSR count). The zero-order chi connectivity index (χ0) is 17.2. The van der Waals surface area contributed by atoms with Crippen LogP contribution >= 0.6 is 11.3 Å².